The van der Waals surface area contributed by atoms with Gasteiger partial charge in [0.1, 0.15) is 35.3 Å². The molecule has 18 heteroatoms. The molecule has 294 valence electrons. The first-order valence-corrected chi connectivity index (χ1v) is 19.3. The van der Waals surface area contributed by atoms with Gasteiger partial charge in [0, 0.05) is 30.3 Å². The van der Waals surface area contributed by atoms with Gasteiger partial charge in [0.15, 0.2) is 0 Å². The fraction of sp³-hybridized carbons (Fsp3) is 0.556. The second kappa shape index (κ2) is 14.2. The first-order valence-electron chi connectivity index (χ1n) is 17.7. The van der Waals surface area contributed by atoms with Gasteiger partial charge < -0.3 is 25.0 Å². The zero-order chi connectivity index (χ0) is 39.4. The normalized spacial score (nSPS) is 24.3. The molecule has 2 aromatic rings. The monoisotopic (exact) mass is 781 g/mol. The Bertz CT molecular complexity index is 1940. The van der Waals surface area contributed by atoms with Crippen molar-refractivity contribution < 1.29 is 54.6 Å². The Morgan fingerprint density at radius 1 is 1.04 bits per heavy atom. The van der Waals surface area contributed by atoms with Crippen LogP contribution in [0.5, 0.6) is 5.75 Å². The van der Waals surface area contributed by atoms with Gasteiger partial charge in [0.2, 0.25) is 21.8 Å². The van der Waals surface area contributed by atoms with Gasteiger partial charge in [-0.25, -0.2) is 17.6 Å². The zero-order valence-corrected chi connectivity index (χ0v) is 31.0. The van der Waals surface area contributed by atoms with Crippen LogP contribution in [0.25, 0.3) is 0 Å². The third-order valence-corrected chi connectivity index (χ3v) is 12.2. The summed E-state index contributed by atoms with van der Waals surface area (Å²) in [4.78, 5) is 58.0. The molecule has 2 aliphatic carbocycles. The minimum absolute atomic E-state index is 0.0486. The van der Waals surface area contributed by atoms with Crippen molar-refractivity contribution in [3.05, 3.63) is 59.4 Å². The van der Waals surface area contributed by atoms with E-state index in [-0.39, 0.29) is 44.1 Å². The van der Waals surface area contributed by atoms with Crippen LogP contribution < -0.4 is 20.1 Å². The molecule has 1 saturated heterocycles. The van der Waals surface area contributed by atoms with E-state index in [0.717, 1.165) is 12.1 Å². The van der Waals surface area contributed by atoms with Crippen LogP contribution in [0, 0.1) is 17.2 Å². The summed E-state index contributed by atoms with van der Waals surface area (Å²) in [6.07, 6.45) is -5.55. The number of alkyl halides is 3. The summed E-state index contributed by atoms with van der Waals surface area (Å²) in [5.74, 6) is -3.69. The first kappa shape index (κ1) is 39.1. The highest BCUT2D eigenvalue weighted by Gasteiger charge is 2.62. The average Bonchev–Trinajstić information content (AvgIpc) is 3.96. The quantitative estimate of drug-likeness (QED) is 0.278. The molecule has 2 aromatic carbocycles. The van der Waals surface area contributed by atoms with Crippen molar-refractivity contribution >= 4 is 39.5 Å². The smallest absolute Gasteiger partial charge is 0.444 e. The van der Waals surface area contributed by atoms with Gasteiger partial charge in [-0.3, -0.25) is 24.0 Å². The summed E-state index contributed by atoms with van der Waals surface area (Å²) < 4.78 is 90.7. The van der Waals surface area contributed by atoms with Crippen molar-refractivity contribution in [2.45, 2.75) is 108 Å². The van der Waals surface area contributed by atoms with Crippen LogP contribution in [0.3, 0.4) is 0 Å². The number of anilines is 1. The third-order valence-electron chi connectivity index (χ3n) is 10.3. The summed E-state index contributed by atoms with van der Waals surface area (Å²) in [6, 6.07) is 6.98. The predicted molar refractivity (Wildman–Crippen MR) is 185 cm³/mol. The summed E-state index contributed by atoms with van der Waals surface area (Å²) in [6.45, 7) is 6.68. The van der Waals surface area contributed by atoms with Crippen LogP contribution in [0.2, 0.25) is 0 Å². The maximum atomic E-state index is 14.5. The first-order chi connectivity index (χ1) is 25.2. The molecule has 6 rings (SSSR count). The van der Waals surface area contributed by atoms with Crippen molar-refractivity contribution in [3.8, 4) is 5.75 Å². The van der Waals surface area contributed by atoms with E-state index in [4.69, 9.17) is 4.74 Å². The molecule has 3 N–H and O–H groups in total. The summed E-state index contributed by atoms with van der Waals surface area (Å²) in [7, 11) is -3.94. The molecule has 54 heavy (non-hydrogen) atoms. The van der Waals surface area contributed by atoms with Crippen LogP contribution in [-0.2, 0) is 42.2 Å². The van der Waals surface area contributed by atoms with Crippen molar-refractivity contribution in [2.75, 3.05) is 11.9 Å². The van der Waals surface area contributed by atoms with Gasteiger partial charge in [-0.05, 0) is 54.4 Å². The van der Waals surface area contributed by atoms with E-state index in [1.165, 1.54) is 34.1 Å². The van der Waals surface area contributed by atoms with Crippen molar-refractivity contribution in [1.29, 1.82) is 0 Å². The summed E-state index contributed by atoms with van der Waals surface area (Å²) in [5, 5.41) is 5.03. The Morgan fingerprint density at radius 2 is 1.74 bits per heavy atom. The number of benzene rings is 2. The van der Waals surface area contributed by atoms with Crippen LogP contribution in [0.15, 0.2) is 42.5 Å². The number of carbonyl (C=O) groups is 4. The molecule has 0 aromatic heterocycles. The highest BCUT2D eigenvalue weighted by molar-refractivity contribution is 7.91. The highest BCUT2D eigenvalue weighted by Crippen LogP contribution is 2.47. The van der Waals surface area contributed by atoms with E-state index in [9.17, 15) is 45.2 Å². The minimum atomic E-state index is -4.96. The highest BCUT2D eigenvalue weighted by atomic mass is 32.2. The number of ether oxygens (including phenoxy) is 2. The van der Waals surface area contributed by atoms with Crippen LogP contribution in [0.4, 0.5) is 28.0 Å². The third kappa shape index (κ3) is 8.37. The van der Waals surface area contributed by atoms with Crippen LogP contribution in [0.1, 0.15) is 70.9 Å². The topological polar surface area (TPSA) is 163 Å². The lowest BCUT2D eigenvalue weighted by molar-refractivity contribution is -0.274. The number of hydrogen-bond donors (Lipinski definition) is 3. The molecular weight excluding hydrogens is 738 g/mol. The van der Waals surface area contributed by atoms with Gasteiger partial charge in [-0.2, -0.15) is 0 Å². The van der Waals surface area contributed by atoms with E-state index in [1.807, 2.05) is 0 Å². The molecule has 0 radical (unpaired) electrons. The van der Waals surface area contributed by atoms with Crippen LogP contribution >= 0.6 is 0 Å². The van der Waals surface area contributed by atoms with Gasteiger partial charge >= 0.3 is 12.5 Å². The molecule has 13 nitrogen and oxygen atoms in total. The van der Waals surface area contributed by atoms with E-state index in [1.54, 1.807) is 33.8 Å². The minimum Gasteiger partial charge on any atom is -0.444 e. The number of fused-ring (bicyclic) bond motifs is 1. The molecular formula is C36H43F4N5O8S. The number of nitrogens with one attached hydrogen (secondary N) is 3. The number of amides is 4. The standard InChI is InChI=1S/C36H43F4N5O8S/c1-5-21-16-35(21,32(48)43-54(50,51)25-12-13-25)42-30(46)28-15-24(52-33(49)44-17-20-8-6-11-27(37)26(20)19-44)18-45(28)31(47)29(34(2,3)4)41-22-9-7-10-23(14-22)53-36(38,39)40/h6-11,14,21,24-25,28-29,41H,5,12-13,15-19H2,1-4H3,(H,42,46)(H,43,48)/t21-,24-,28+,29-,35+/m1/s1. The Balaban J connectivity index is 1.25. The maximum absolute atomic E-state index is 14.5. The van der Waals surface area contributed by atoms with Crippen LogP contribution in [-0.4, -0.2) is 83.9 Å². The number of hydrogen-bond acceptors (Lipinski definition) is 9. The molecule has 0 unspecified atom stereocenters. The van der Waals surface area contributed by atoms with E-state index in [0.29, 0.717) is 30.4 Å². The summed E-state index contributed by atoms with van der Waals surface area (Å²) in [5.41, 5.74) is -1.38. The summed E-state index contributed by atoms with van der Waals surface area (Å²) >= 11 is 0. The average molecular weight is 782 g/mol. The molecule has 2 aliphatic heterocycles. The Labute approximate surface area is 310 Å². The van der Waals surface area contributed by atoms with Crippen molar-refractivity contribution in [3.63, 3.8) is 0 Å². The lowest BCUT2D eigenvalue weighted by Gasteiger charge is -2.36. The van der Waals surface area contributed by atoms with Gasteiger partial charge in [-0.1, -0.05) is 52.3 Å². The molecule has 4 aliphatic rings. The molecule has 0 bridgehead atoms. The molecule has 5 atom stereocenters. The Hall–Kier alpha value is -4.61. The van der Waals surface area contributed by atoms with Gasteiger partial charge in [0.05, 0.1) is 18.3 Å². The predicted octanol–water partition coefficient (Wildman–Crippen LogP) is 4.57. The number of sulfonamides is 1. The Morgan fingerprint density at radius 3 is 2.35 bits per heavy atom. The second-order valence-electron chi connectivity index (χ2n) is 15.4. The fourth-order valence-corrected chi connectivity index (χ4v) is 8.53. The zero-order valence-electron chi connectivity index (χ0n) is 30.2. The maximum Gasteiger partial charge on any atom is 0.573 e. The van der Waals surface area contributed by atoms with Crippen molar-refractivity contribution in [2.24, 2.45) is 11.3 Å². The largest absolute Gasteiger partial charge is 0.573 e. The number of halogens is 4. The lowest BCUT2D eigenvalue weighted by Crippen LogP contribution is -2.58. The molecule has 2 heterocycles. The fourth-order valence-electron chi connectivity index (χ4n) is 7.16. The second-order valence-corrected chi connectivity index (χ2v) is 17.4. The van der Waals surface area contributed by atoms with E-state index >= 15 is 0 Å². The lowest BCUT2D eigenvalue weighted by atomic mass is 9.85. The molecule has 2 saturated carbocycles. The number of nitrogens with zero attached hydrogens (tertiary/aromatic N) is 2. The number of rotatable bonds is 11. The van der Waals surface area contributed by atoms with Gasteiger partial charge in [0.25, 0.3) is 5.91 Å². The SMILES string of the molecule is CC[C@@H]1C[C@@]1(NC(=O)[C@@H]1C[C@@H](OC(=O)N2Cc3cccc(F)c3C2)CN1C(=O)[C@@H](Nc1cccc(OC(F)(F)F)c1)C(C)(C)C)C(=O)NS(=O)(=O)C1CC1. The van der Waals surface area contributed by atoms with E-state index < -0.39 is 86.2 Å². The molecule has 0 spiro atoms. The van der Waals surface area contributed by atoms with Crippen molar-refractivity contribution in [1.82, 2.24) is 19.8 Å². The molecule has 4 amide bonds. The number of carbonyl (C=O) groups excluding carboxylic acids is 4. The van der Waals surface area contributed by atoms with Gasteiger partial charge in [-0.15, -0.1) is 13.2 Å². The van der Waals surface area contributed by atoms with E-state index in [2.05, 4.69) is 20.1 Å². The number of likely N-dealkylation sites (tertiary alicyclic amines) is 1. The Kier molecular flexibility index (Phi) is 10.3. The molecule has 3 fully saturated rings.